The van der Waals surface area contributed by atoms with Crippen LogP contribution in [0.4, 0.5) is 4.39 Å². The number of benzene rings is 2. The molecule has 2 rings (SSSR count). The maximum atomic E-state index is 14.1. The Bertz CT molecular complexity index is 776. The lowest BCUT2D eigenvalue weighted by Crippen LogP contribution is -2.33. The van der Waals surface area contributed by atoms with Gasteiger partial charge in [0, 0.05) is 6.42 Å². The second-order valence-corrected chi connectivity index (χ2v) is 5.55. The number of halogens is 1. The van der Waals surface area contributed by atoms with Gasteiger partial charge >= 0.3 is 5.97 Å². The van der Waals surface area contributed by atoms with E-state index in [0.717, 1.165) is 0 Å². The Labute approximate surface area is 150 Å². The first-order valence-electron chi connectivity index (χ1n) is 7.93. The summed E-state index contributed by atoms with van der Waals surface area (Å²) in [7, 11) is 2.87. The van der Waals surface area contributed by atoms with Crippen LogP contribution in [-0.4, -0.2) is 31.2 Å². The molecule has 0 aliphatic heterocycles. The molecule has 0 aromatic heterocycles. The van der Waals surface area contributed by atoms with Crippen LogP contribution in [0.1, 0.15) is 23.6 Å². The molecule has 6 nitrogen and oxygen atoms in total. The molecule has 0 radical (unpaired) electrons. The predicted octanol–water partition coefficient (Wildman–Crippen LogP) is 2.72. The Morgan fingerprint density at radius 2 is 1.81 bits per heavy atom. The van der Waals surface area contributed by atoms with E-state index in [4.69, 9.17) is 9.47 Å². The minimum atomic E-state index is -1.19. The number of carbonyl (C=O) groups is 2. The van der Waals surface area contributed by atoms with Crippen molar-refractivity contribution in [2.45, 2.75) is 18.9 Å². The summed E-state index contributed by atoms with van der Waals surface area (Å²) in [4.78, 5) is 23.6. The summed E-state index contributed by atoms with van der Waals surface area (Å²) in [6.45, 7) is 0. The lowest BCUT2D eigenvalue weighted by atomic mass is 10.1. The Hall–Kier alpha value is -3.09. The van der Waals surface area contributed by atoms with Gasteiger partial charge in [-0.1, -0.05) is 24.3 Å². The molecule has 0 heterocycles. The quantitative estimate of drug-likeness (QED) is 0.755. The third-order valence-electron chi connectivity index (χ3n) is 3.89. The SMILES string of the molecule is COc1ccc(C(NC(=O)CCc2cccc(OC)c2F)C(=O)O)cc1. The molecule has 0 spiro atoms. The fourth-order valence-corrected chi connectivity index (χ4v) is 2.47. The van der Waals surface area contributed by atoms with Crippen LogP contribution < -0.4 is 14.8 Å². The number of amides is 1. The lowest BCUT2D eigenvalue weighted by Gasteiger charge is -2.15. The molecule has 2 aromatic carbocycles. The number of hydrogen-bond donors (Lipinski definition) is 2. The molecule has 0 fully saturated rings. The molecular formula is C19H20FNO5. The normalized spacial score (nSPS) is 11.5. The second kappa shape index (κ2) is 8.84. The molecule has 7 heteroatoms. The summed E-state index contributed by atoms with van der Waals surface area (Å²) in [5.41, 5.74) is 0.745. The van der Waals surface area contributed by atoms with Crippen molar-refractivity contribution in [3.63, 3.8) is 0 Å². The van der Waals surface area contributed by atoms with Crippen LogP contribution in [0.15, 0.2) is 42.5 Å². The lowest BCUT2D eigenvalue weighted by molar-refractivity contribution is -0.142. The van der Waals surface area contributed by atoms with Crippen molar-refractivity contribution in [1.29, 1.82) is 0 Å². The first kappa shape index (κ1) is 19.2. The minimum absolute atomic E-state index is 0.0516. The first-order chi connectivity index (χ1) is 12.5. The fourth-order valence-electron chi connectivity index (χ4n) is 2.47. The topological polar surface area (TPSA) is 84.9 Å². The zero-order chi connectivity index (χ0) is 19.1. The van der Waals surface area contributed by atoms with E-state index >= 15 is 0 Å². The smallest absolute Gasteiger partial charge is 0.330 e. The minimum Gasteiger partial charge on any atom is -0.497 e. The van der Waals surface area contributed by atoms with Crippen LogP contribution in [0.3, 0.4) is 0 Å². The van der Waals surface area contributed by atoms with E-state index in [1.54, 1.807) is 36.4 Å². The molecule has 2 N–H and O–H groups in total. The molecular weight excluding hydrogens is 341 g/mol. The Balaban J connectivity index is 2.03. The van der Waals surface area contributed by atoms with E-state index in [9.17, 15) is 19.1 Å². The van der Waals surface area contributed by atoms with E-state index in [2.05, 4.69) is 5.32 Å². The summed E-state index contributed by atoms with van der Waals surface area (Å²) in [5, 5.41) is 11.8. The van der Waals surface area contributed by atoms with E-state index in [1.807, 2.05) is 0 Å². The summed E-state index contributed by atoms with van der Waals surface area (Å²) in [6, 6.07) is 9.85. The van der Waals surface area contributed by atoms with Crippen molar-refractivity contribution in [3.05, 3.63) is 59.4 Å². The van der Waals surface area contributed by atoms with Crippen molar-refractivity contribution in [2.75, 3.05) is 14.2 Å². The van der Waals surface area contributed by atoms with Gasteiger partial charge in [0.25, 0.3) is 0 Å². The van der Waals surface area contributed by atoms with Crippen LogP contribution >= 0.6 is 0 Å². The Morgan fingerprint density at radius 1 is 1.12 bits per heavy atom. The van der Waals surface area contributed by atoms with Gasteiger partial charge in [-0.05, 0) is 35.7 Å². The van der Waals surface area contributed by atoms with Gasteiger partial charge in [0.15, 0.2) is 17.6 Å². The highest BCUT2D eigenvalue weighted by Crippen LogP contribution is 2.22. The third-order valence-corrected chi connectivity index (χ3v) is 3.89. The molecule has 0 saturated carbocycles. The van der Waals surface area contributed by atoms with Crippen molar-refractivity contribution in [1.82, 2.24) is 5.32 Å². The van der Waals surface area contributed by atoms with Crippen molar-refractivity contribution >= 4 is 11.9 Å². The molecule has 0 saturated heterocycles. The number of ether oxygens (including phenoxy) is 2. The Morgan fingerprint density at radius 3 is 2.38 bits per heavy atom. The van der Waals surface area contributed by atoms with E-state index in [-0.39, 0.29) is 18.6 Å². The Kier molecular flexibility index (Phi) is 6.54. The molecule has 0 aliphatic carbocycles. The fraction of sp³-hybridized carbons (Fsp3) is 0.263. The number of methoxy groups -OCH3 is 2. The molecule has 1 atom stereocenters. The van der Waals surface area contributed by atoms with E-state index < -0.39 is 23.7 Å². The summed E-state index contributed by atoms with van der Waals surface area (Å²) in [6.07, 6.45) is 0.0772. The van der Waals surface area contributed by atoms with Crippen LogP contribution in [0.2, 0.25) is 0 Å². The number of nitrogens with one attached hydrogen (secondary N) is 1. The van der Waals surface area contributed by atoms with Gasteiger partial charge in [-0.25, -0.2) is 9.18 Å². The van der Waals surface area contributed by atoms with Gasteiger partial charge in [0.1, 0.15) is 5.75 Å². The van der Waals surface area contributed by atoms with Crippen LogP contribution in [0.25, 0.3) is 0 Å². The standard InChI is InChI=1S/C19H20FNO5/c1-25-14-9-6-13(7-10-14)18(19(23)24)21-16(22)11-8-12-4-3-5-15(26-2)17(12)20/h3-7,9-10,18H,8,11H2,1-2H3,(H,21,22)(H,23,24). The average Bonchev–Trinajstić information content (AvgIpc) is 2.65. The number of rotatable bonds is 8. The molecule has 1 amide bonds. The monoisotopic (exact) mass is 361 g/mol. The van der Waals surface area contributed by atoms with Crippen molar-refractivity contribution in [3.8, 4) is 11.5 Å². The van der Waals surface area contributed by atoms with Gasteiger partial charge in [-0.2, -0.15) is 0 Å². The van der Waals surface area contributed by atoms with Gasteiger partial charge in [0.05, 0.1) is 14.2 Å². The number of carbonyl (C=O) groups excluding carboxylic acids is 1. The number of aliphatic carboxylic acids is 1. The average molecular weight is 361 g/mol. The van der Waals surface area contributed by atoms with Crippen LogP contribution in [0, 0.1) is 5.82 Å². The van der Waals surface area contributed by atoms with E-state index in [1.165, 1.54) is 20.3 Å². The highest BCUT2D eigenvalue weighted by Gasteiger charge is 2.22. The summed E-state index contributed by atoms with van der Waals surface area (Å²) < 4.78 is 24.0. The van der Waals surface area contributed by atoms with Crippen LogP contribution in [-0.2, 0) is 16.0 Å². The molecule has 138 valence electrons. The summed E-state index contributed by atoms with van der Waals surface area (Å²) in [5.74, 6) is -1.51. The number of aryl methyl sites for hydroxylation is 1. The summed E-state index contributed by atoms with van der Waals surface area (Å²) >= 11 is 0. The number of carboxylic acids is 1. The second-order valence-electron chi connectivity index (χ2n) is 5.55. The first-order valence-corrected chi connectivity index (χ1v) is 7.93. The molecule has 26 heavy (non-hydrogen) atoms. The van der Waals surface area contributed by atoms with Gasteiger partial charge in [0.2, 0.25) is 5.91 Å². The molecule has 0 aliphatic rings. The van der Waals surface area contributed by atoms with Crippen molar-refractivity contribution < 1.29 is 28.6 Å². The highest BCUT2D eigenvalue weighted by molar-refractivity contribution is 5.84. The molecule has 0 bridgehead atoms. The van der Waals surface area contributed by atoms with Gasteiger partial charge in [-0.15, -0.1) is 0 Å². The zero-order valence-electron chi connectivity index (χ0n) is 14.5. The largest absolute Gasteiger partial charge is 0.497 e. The maximum Gasteiger partial charge on any atom is 0.330 e. The third kappa shape index (κ3) is 4.72. The zero-order valence-corrected chi connectivity index (χ0v) is 14.5. The maximum absolute atomic E-state index is 14.1. The van der Waals surface area contributed by atoms with Crippen molar-refractivity contribution in [2.24, 2.45) is 0 Å². The highest BCUT2D eigenvalue weighted by atomic mass is 19.1. The van der Waals surface area contributed by atoms with Crippen LogP contribution in [0.5, 0.6) is 11.5 Å². The predicted molar refractivity (Wildman–Crippen MR) is 92.8 cm³/mol. The molecule has 2 aromatic rings. The van der Waals surface area contributed by atoms with Gasteiger partial charge in [-0.3, -0.25) is 4.79 Å². The number of carboxylic acid groups (broad SMARTS) is 1. The number of hydrogen-bond acceptors (Lipinski definition) is 4. The molecule has 1 unspecified atom stereocenters. The van der Waals surface area contributed by atoms with Gasteiger partial charge < -0.3 is 19.9 Å². The van der Waals surface area contributed by atoms with E-state index in [0.29, 0.717) is 16.9 Å².